The van der Waals surface area contributed by atoms with Gasteiger partial charge in [0, 0.05) is 32.6 Å². The van der Waals surface area contributed by atoms with Gasteiger partial charge < -0.3 is 20.3 Å². The van der Waals surface area contributed by atoms with E-state index in [-0.39, 0.29) is 18.2 Å². The SMILES string of the molecule is C[C@H](NC(=O)NCc1cc(N(C)C)nc2ccccc12)[C@@H]1CCCO1. The summed E-state index contributed by atoms with van der Waals surface area (Å²) in [6.07, 6.45) is 2.19. The molecule has 1 aliphatic heterocycles. The quantitative estimate of drug-likeness (QED) is 0.877. The molecule has 25 heavy (non-hydrogen) atoms. The third kappa shape index (κ3) is 4.20. The average molecular weight is 342 g/mol. The van der Waals surface area contributed by atoms with E-state index in [1.165, 1.54) is 0 Å². The lowest BCUT2D eigenvalue weighted by Gasteiger charge is -2.20. The highest BCUT2D eigenvalue weighted by atomic mass is 16.5. The Hall–Kier alpha value is -2.34. The number of rotatable bonds is 5. The molecule has 134 valence electrons. The van der Waals surface area contributed by atoms with Crippen molar-refractivity contribution in [2.45, 2.75) is 38.5 Å². The van der Waals surface area contributed by atoms with Crippen molar-refractivity contribution in [3.63, 3.8) is 0 Å². The fraction of sp³-hybridized carbons (Fsp3) is 0.474. The second-order valence-electron chi connectivity index (χ2n) is 6.72. The number of pyridine rings is 1. The Morgan fingerprint density at radius 2 is 2.20 bits per heavy atom. The first-order valence-corrected chi connectivity index (χ1v) is 8.76. The number of hydrogen-bond donors (Lipinski definition) is 2. The first-order valence-electron chi connectivity index (χ1n) is 8.76. The minimum absolute atomic E-state index is 0.00835. The summed E-state index contributed by atoms with van der Waals surface area (Å²) >= 11 is 0. The van der Waals surface area contributed by atoms with Gasteiger partial charge in [-0.2, -0.15) is 0 Å². The number of hydrogen-bond acceptors (Lipinski definition) is 4. The highest BCUT2D eigenvalue weighted by Crippen LogP contribution is 2.22. The number of benzene rings is 1. The molecule has 2 N–H and O–H groups in total. The number of carbonyl (C=O) groups excluding carboxylic acids is 1. The summed E-state index contributed by atoms with van der Waals surface area (Å²) in [5.41, 5.74) is 1.98. The third-order valence-corrected chi connectivity index (χ3v) is 4.57. The summed E-state index contributed by atoms with van der Waals surface area (Å²) in [5, 5.41) is 6.99. The number of carbonyl (C=O) groups is 1. The van der Waals surface area contributed by atoms with Crippen LogP contribution in [-0.4, -0.2) is 43.9 Å². The Morgan fingerprint density at radius 1 is 1.40 bits per heavy atom. The smallest absolute Gasteiger partial charge is 0.315 e. The van der Waals surface area contributed by atoms with Crippen molar-refractivity contribution in [1.29, 1.82) is 0 Å². The summed E-state index contributed by atoms with van der Waals surface area (Å²) in [6.45, 7) is 3.23. The highest BCUT2D eigenvalue weighted by molar-refractivity contribution is 5.84. The Balaban J connectivity index is 1.68. The number of nitrogens with one attached hydrogen (secondary N) is 2. The van der Waals surface area contributed by atoms with Crippen molar-refractivity contribution < 1.29 is 9.53 Å². The zero-order chi connectivity index (χ0) is 17.8. The van der Waals surface area contributed by atoms with Gasteiger partial charge in [-0.3, -0.25) is 0 Å². The number of aromatic nitrogens is 1. The average Bonchev–Trinajstić information content (AvgIpc) is 3.14. The first-order chi connectivity index (χ1) is 12.0. The summed E-state index contributed by atoms with van der Waals surface area (Å²) in [5.74, 6) is 0.878. The van der Waals surface area contributed by atoms with Crippen LogP contribution in [-0.2, 0) is 11.3 Å². The molecule has 1 fully saturated rings. The van der Waals surface area contributed by atoms with Gasteiger partial charge in [0.1, 0.15) is 5.82 Å². The molecular formula is C19H26N4O2. The van der Waals surface area contributed by atoms with Crippen LogP contribution >= 0.6 is 0 Å². The maximum Gasteiger partial charge on any atom is 0.315 e. The number of anilines is 1. The maximum atomic E-state index is 12.2. The fourth-order valence-electron chi connectivity index (χ4n) is 3.13. The van der Waals surface area contributed by atoms with Crippen LogP contribution in [0.3, 0.4) is 0 Å². The molecule has 0 unspecified atom stereocenters. The van der Waals surface area contributed by atoms with Crippen molar-refractivity contribution in [3.05, 3.63) is 35.9 Å². The molecule has 2 atom stereocenters. The van der Waals surface area contributed by atoms with Crippen LogP contribution in [0.25, 0.3) is 10.9 Å². The lowest BCUT2D eigenvalue weighted by molar-refractivity contribution is 0.0860. The second-order valence-corrected chi connectivity index (χ2v) is 6.72. The molecule has 1 aromatic carbocycles. The first kappa shape index (κ1) is 17.5. The van der Waals surface area contributed by atoms with Gasteiger partial charge in [0.2, 0.25) is 0 Å². The molecule has 1 saturated heterocycles. The lowest BCUT2D eigenvalue weighted by Crippen LogP contribution is -2.45. The standard InChI is InChI=1S/C19H26N4O2/c1-13(17-9-6-10-25-17)21-19(24)20-12-14-11-18(23(2)3)22-16-8-5-4-7-15(14)16/h4-5,7-8,11,13,17H,6,9-10,12H2,1-3H3,(H2,20,21,24)/t13-,17-/m0/s1. The minimum Gasteiger partial charge on any atom is -0.376 e. The predicted molar refractivity (Wildman–Crippen MR) is 99.9 cm³/mol. The summed E-state index contributed by atoms with van der Waals surface area (Å²) in [7, 11) is 3.93. The van der Waals surface area contributed by atoms with E-state index < -0.39 is 0 Å². The number of fused-ring (bicyclic) bond motifs is 1. The molecule has 2 heterocycles. The van der Waals surface area contributed by atoms with E-state index in [9.17, 15) is 4.79 Å². The number of amides is 2. The highest BCUT2D eigenvalue weighted by Gasteiger charge is 2.23. The van der Waals surface area contributed by atoms with Crippen molar-refractivity contribution in [3.8, 4) is 0 Å². The van der Waals surface area contributed by atoms with Crippen LogP contribution < -0.4 is 15.5 Å². The molecule has 6 heteroatoms. The van der Waals surface area contributed by atoms with Crippen LogP contribution in [0.15, 0.2) is 30.3 Å². The number of ether oxygens (including phenoxy) is 1. The topological polar surface area (TPSA) is 66.5 Å². The number of urea groups is 1. The Kier molecular flexibility index (Phi) is 5.38. The molecule has 0 bridgehead atoms. The molecular weight excluding hydrogens is 316 g/mol. The van der Waals surface area contributed by atoms with E-state index in [4.69, 9.17) is 4.74 Å². The van der Waals surface area contributed by atoms with Gasteiger partial charge in [-0.05, 0) is 37.5 Å². The molecule has 3 rings (SSSR count). The molecule has 0 aliphatic carbocycles. The Morgan fingerprint density at radius 3 is 2.92 bits per heavy atom. The van der Waals surface area contributed by atoms with Gasteiger partial charge in [0.05, 0.1) is 17.7 Å². The summed E-state index contributed by atoms with van der Waals surface area (Å²) in [6, 6.07) is 9.84. The number of nitrogens with zero attached hydrogens (tertiary/aromatic N) is 2. The van der Waals surface area contributed by atoms with Gasteiger partial charge in [-0.15, -0.1) is 0 Å². The molecule has 1 aliphatic rings. The van der Waals surface area contributed by atoms with E-state index in [1.54, 1.807) is 0 Å². The Bertz CT molecular complexity index is 741. The van der Waals surface area contributed by atoms with Gasteiger partial charge in [-0.25, -0.2) is 9.78 Å². The van der Waals surface area contributed by atoms with Crippen LogP contribution in [0.2, 0.25) is 0 Å². The van der Waals surface area contributed by atoms with Crippen molar-refractivity contribution in [1.82, 2.24) is 15.6 Å². The van der Waals surface area contributed by atoms with E-state index >= 15 is 0 Å². The second kappa shape index (κ2) is 7.70. The Labute approximate surface area is 148 Å². The molecule has 2 amide bonds. The summed E-state index contributed by atoms with van der Waals surface area (Å²) < 4.78 is 5.62. The molecule has 0 radical (unpaired) electrons. The van der Waals surface area contributed by atoms with E-state index in [0.29, 0.717) is 6.54 Å². The predicted octanol–water partition coefficient (Wildman–Crippen LogP) is 2.67. The zero-order valence-electron chi connectivity index (χ0n) is 15.1. The fourth-order valence-corrected chi connectivity index (χ4v) is 3.13. The van der Waals surface area contributed by atoms with Crippen molar-refractivity contribution in [2.24, 2.45) is 0 Å². The van der Waals surface area contributed by atoms with Crippen LogP contribution in [0.4, 0.5) is 10.6 Å². The number of para-hydroxylation sites is 1. The van der Waals surface area contributed by atoms with Crippen LogP contribution in [0.1, 0.15) is 25.3 Å². The minimum atomic E-state index is -0.171. The molecule has 6 nitrogen and oxygen atoms in total. The van der Waals surface area contributed by atoms with Gasteiger partial charge in [0.15, 0.2) is 0 Å². The van der Waals surface area contributed by atoms with E-state index in [0.717, 1.165) is 41.7 Å². The maximum absolute atomic E-state index is 12.2. The summed E-state index contributed by atoms with van der Waals surface area (Å²) in [4.78, 5) is 18.8. The molecule has 1 aromatic heterocycles. The van der Waals surface area contributed by atoms with Crippen molar-refractivity contribution in [2.75, 3.05) is 25.6 Å². The monoisotopic (exact) mass is 342 g/mol. The normalized spacial score (nSPS) is 18.1. The van der Waals surface area contributed by atoms with Crippen molar-refractivity contribution >= 4 is 22.8 Å². The molecule has 0 spiro atoms. The van der Waals surface area contributed by atoms with E-state index in [2.05, 4.69) is 15.6 Å². The molecule has 0 saturated carbocycles. The third-order valence-electron chi connectivity index (χ3n) is 4.57. The lowest BCUT2D eigenvalue weighted by atomic mass is 10.1. The zero-order valence-corrected chi connectivity index (χ0v) is 15.1. The van der Waals surface area contributed by atoms with Crippen LogP contribution in [0.5, 0.6) is 0 Å². The van der Waals surface area contributed by atoms with Gasteiger partial charge in [0.25, 0.3) is 0 Å². The van der Waals surface area contributed by atoms with Gasteiger partial charge >= 0.3 is 6.03 Å². The molecule has 2 aromatic rings. The largest absolute Gasteiger partial charge is 0.376 e. The van der Waals surface area contributed by atoms with E-state index in [1.807, 2.05) is 56.3 Å². The van der Waals surface area contributed by atoms with Gasteiger partial charge in [-0.1, -0.05) is 18.2 Å². The van der Waals surface area contributed by atoms with Crippen LogP contribution in [0, 0.1) is 0 Å².